The molecule has 3 rings (SSSR count). The highest BCUT2D eigenvalue weighted by molar-refractivity contribution is 7.90. The second-order valence-electron chi connectivity index (χ2n) is 5.24. The van der Waals surface area contributed by atoms with Gasteiger partial charge in [-0.1, -0.05) is 18.2 Å². The van der Waals surface area contributed by atoms with E-state index in [4.69, 9.17) is 9.47 Å². The van der Waals surface area contributed by atoms with Crippen molar-refractivity contribution in [2.24, 2.45) is 0 Å². The summed E-state index contributed by atoms with van der Waals surface area (Å²) in [7, 11) is -3.67. The standard InChI is InChI=1S/C16H19N3O4S/c20-24(21,19-10-5-12-22-13-11-19)18-14-6-1-2-7-15(14)23-16-8-3-4-9-17-16/h1-4,6-9,18H,5,10-13H2. The van der Waals surface area contributed by atoms with Gasteiger partial charge in [-0.25, -0.2) is 4.98 Å². The van der Waals surface area contributed by atoms with E-state index in [1.165, 1.54) is 4.31 Å². The average molecular weight is 349 g/mol. The smallest absolute Gasteiger partial charge is 0.301 e. The predicted octanol–water partition coefficient (Wildman–Crippen LogP) is 2.25. The number of para-hydroxylation sites is 2. The molecule has 0 unspecified atom stereocenters. The van der Waals surface area contributed by atoms with Crippen LogP contribution in [0.25, 0.3) is 0 Å². The van der Waals surface area contributed by atoms with Gasteiger partial charge < -0.3 is 9.47 Å². The monoisotopic (exact) mass is 349 g/mol. The maximum Gasteiger partial charge on any atom is 0.301 e. The lowest BCUT2D eigenvalue weighted by molar-refractivity contribution is 0.148. The molecule has 8 heteroatoms. The summed E-state index contributed by atoms with van der Waals surface area (Å²) < 4.78 is 40.2. The Bertz CT molecular complexity index is 760. The summed E-state index contributed by atoms with van der Waals surface area (Å²) in [5.74, 6) is 0.790. The molecule has 2 aromatic rings. The van der Waals surface area contributed by atoms with Crippen molar-refractivity contribution in [2.75, 3.05) is 31.0 Å². The SMILES string of the molecule is O=S(=O)(Nc1ccccc1Oc1ccccn1)N1CCCOCC1. The van der Waals surface area contributed by atoms with Crippen molar-refractivity contribution in [3.05, 3.63) is 48.7 Å². The predicted molar refractivity (Wildman–Crippen MR) is 90.3 cm³/mol. The summed E-state index contributed by atoms with van der Waals surface area (Å²) in [5, 5.41) is 0. The van der Waals surface area contributed by atoms with Crippen LogP contribution in [0.1, 0.15) is 6.42 Å². The van der Waals surface area contributed by atoms with Crippen LogP contribution in [0.15, 0.2) is 48.7 Å². The molecule has 0 amide bonds. The van der Waals surface area contributed by atoms with Gasteiger partial charge in [-0.3, -0.25) is 4.72 Å². The van der Waals surface area contributed by atoms with Crippen LogP contribution in [-0.2, 0) is 14.9 Å². The highest BCUT2D eigenvalue weighted by atomic mass is 32.2. The van der Waals surface area contributed by atoms with Crippen molar-refractivity contribution in [2.45, 2.75) is 6.42 Å². The Morgan fingerprint density at radius 1 is 1.08 bits per heavy atom. The first-order valence-corrected chi connectivity index (χ1v) is 9.13. The summed E-state index contributed by atoms with van der Waals surface area (Å²) in [6.07, 6.45) is 2.28. The molecule has 1 N–H and O–H groups in total. The zero-order valence-corrected chi connectivity index (χ0v) is 13.9. The van der Waals surface area contributed by atoms with Crippen molar-refractivity contribution in [3.63, 3.8) is 0 Å². The van der Waals surface area contributed by atoms with E-state index >= 15 is 0 Å². The summed E-state index contributed by atoms with van der Waals surface area (Å²) in [5.41, 5.74) is 0.369. The minimum Gasteiger partial charge on any atom is -0.437 e. The maximum absolute atomic E-state index is 12.6. The van der Waals surface area contributed by atoms with Crippen LogP contribution in [0.2, 0.25) is 0 Å². The molecule has 7 nitrogen and oxygen atoms in total. The lowest BCUT2D eigenvalue weighted by Gasteiger charge is -2.21. The largest absolute Gasteiger partial charge is 0.437 e. The zero-order valence-electron chi connectivity index (χ0n) is 13.1. The molecule has 1 aromatic carbocycles. The molecule has 0 bridgehead atoms. The molecule has 0 spiro atoms. The molecule has 1 saturated heterocycles. The molecule has 2 heterocycles. The van der Waals surface area contributed by atoms with Crippen LogP contribution in [0.4, 0.5) is 5.69 Å². The number of hydrogen-bond acceptors (Lipinski definition) is 5. The highest BCUT2D eigenvalue weighted by Gasteiger charge is 2.24. The number of anilines is 1. The summed E-state index contributed by atoms with van der Waals surface area (Å²) in [6, 6.07) is 12.2. The van der Waals surface area contributed by atoms with Crippen molar-refractivity contribution in [3.8, 4) is 11.6 Å². The Morgan fingerprint density at radius 3 is 2.75 bits per heavy atom. The van der Waals surface area contributed by atoms with Crippen LogP contribution in [0.5, 0.6) is 11.6 Å². The Labute approximate surface area is 141 Å². The second kappa shape index (κ2) is 7.61. The van der Waals surface area contributed by atoms with Gasteiger partial charge in [0.1, 0.15) is 0 Å². The molecule has 1 aliphatic heterocycles. The number of aromatic nitrogens is 1. The van der Waals surface area contributed by atoms with E-state index in [1.807, 2.05) is 0 Å². The van der Waals surface area contributed by atoms with Crippen LogP contribution in [0, 0.1) is 0 Å². The lowest BCUT2D eigenvalue weighted by Crippen LogP contribution is -2.37. The maximum atomic E-state index is 12.6. The van der Waals surface area contributed by atoms with E-state index in [-0.39, 0.29) is 0 Å². The van der Waals surface area contributed by atoms with Gasteiger partial charge in [0.15, 0.2) is 5.75 Å². The Kier molecular flexibility index (Phi) is 5.29. The van der Waals surface area contributed by atoms with Gasteiger partial charge in [-0.15, -0.1) is 0 Å². The number of pyridine rings is 1. The van der Waals surface area contributed by atoms with Crippen molar-refractivity contribution in [1.29, 1.82) is 0 Å². The van der Waals surface area contributed by atoms with E-state index in [9.17, 15) is 8.42 Å². The number of nitrogens with zero attached hydrogens (tertiary/aromatic N) is 2. The third kappa shape index (κ3) is 4.22. The highest BCUT2D eigenvalue weighted by Crippen LogP contribution is 2.29. The van der Waals surface area contributed by atoms with Crippen LogP contribution in [0.3, 0.4) is 0 Å². The molecule has 1 aromatic heterocycles. The molecular formula is C16H19N3O4S. The first-order chi connectivity index (χ1) is 11.6. The third-order valence-electron chi connectivity index (χ3n) is 3.50. The number of ether oxygens (including phenoxy) is 2. The Morgan fingerprint density at radius 2 is 1.92 bits per heavy atom. The fourth-order valence-electron chi connectivity index (χ4n) is 2.33. The summed E-state index contributed by atoms with van der Waals surface area (Å²) in [4.78, 5) is 4.09. The molecular weight excluding hydrogens is 330 g/mol. The fraction of sp³-hybridized carbons (Fsp3) is 0.312. The second-order valence-corrected chi connectivity index (χ2v) is 6.91. The minimum absolute atomic E-state index is 0.332. The van der Waals surface area contributed by atoms with E-state index < -0.39 is 10.2 Å². The molecule has 128 valence electrons. The molecule has 0 aliphatic carbocycles. The number of rotatable bonds is 5. The van der Waals surface area contributed by atoms with Crippen LogP contribution >= 0.6 is 0 Å². The molecule has 0 radical (unpaired) electrons. The minimum atomic E-state index is -3.67. The molecule has 1 aliphatic rings. The van der Waals surface area contributed by atoms with Gasteiger partial charge in [-0.05, 0) is 24.6 Å². The quantitative estimate of drug-likeness (QED) is 0.895. The van der Waals surface area contributed by atoms with E-state index in [1.54, 1.807) is 48.7 Å². The van der Waals surface area contributed by atoms with E-state index in [2.05, 4.69) is 9.71 Å². The normalized spacial score (nSPS) is 16.3. The van der Waals surface area contributed by atoms with Gasteiger partial charge in [0.2, 0.25) is 5.88 Å². The zero-order chi connectivity index (χ0) is 16.8. The number of nitrogens with one attached hydrogen (secondary N) is 1. The molecule has 0 atom stereocenters. The van der Waals surface area contributed by atoms with Gasteiger partial charge in [0.25, 0.3) is 0 Å². The summed E-state index contributed by atoms with van der Waals surface area (Å²) in [6.45, 7) is 1.73. The number of benzene rings is 1. The third-order valence-corrected chi connectivity index (χ3v) is 5.02. The first kappa shape index (κ1) is 16.7. The lowest BCUT2D eigenvalue weighted by atomic mass is 10.3. The van der Waals surface area contributed by atoms with Crippen LogP contribution in [-0.4, -0.2) is 44.0 Å². The van der Waals surface area contributed by atoms with Gasteiger partial charge in [-0.2, -0.15) is 12.7 Å². The van der Waals surface area contributed by atoms with E-state index in [0.717, 1.165) is 0 Å². The van der Waals surface area contributed by atoms with Gasteiger partial charge in [0.05, 0.1) is 12.3 Å². The van der Waals surface area contributed by atoms with Crippen molar-refractivity contribution < 1.29 is 17.9 Å². The average Bonchev–Trinajstić information content (AvgIpc) is 2.87. The summed E-state index contributed by atoms with van der Waals surface area (Å²) >= 11 is 0. The van der Waals surface area contributed by atoms with Gasteiger partial charge in [0, 0.05) is 32.0 Å². The Hall–Kier alpha value is -2.16. The molecule has 24 heavy (non-hydrogen) atoms. The number of hydrogen-bond donors (Lipinski definition) is 1. The molecule has 0 saturated carbocycles. The van der Waals surface area contributed by atoms with Crippen molar-refractivity contribution >= 4 is 15.9 Å². The van der Waals surface area contributed by atoms with Gasteiger partial charge >= 0.3 is 10.2 Å². The Balaban J connectivity index is 1.79. The fourth-order valence-corrected chi connectivity index (χ4v) is 3.59. The van der Waals surface area contributed by atoms with E-state index in [0.29, 0.717) is 50.0 Å². The first-order valence-electron chi connectivity index (χ1n) is 7.69. The topological polar surface area (TPSA) is 80.8 Å². The van der Waals surface area contributed by atoms with Crippen LogP contribution < -0.4 is 9.46 Å². The van der Waals surface area contributed by atoms with Crippen molar-refractivity contribution in [1.82, 2.24) is 9.29 Å². The molecule has 1 fully saturated rings.